The molecular weight excluding hydrogens is 353 g/mol. The maximum atomic E-state index is 12.8. The Morgan fingerprint density at radius 1 is 1.40 bits per heavy atom. The van der Waals surface area contributed by atoms with Crippen molar-refractivity contribution < 1.29 is 13.6 Å². The highest BCUT2D eigenvalue weighted by atomic mass is 35.5. The zero-order chi connectivity index (χ0) is 14.5. The summed E-state index contributed by atoms with van der Waals surface area (Å²) in [7, 11) is 0. The zero-order valence-electron chi connectivity index (χ0n) is 10.2. The Morgan fingerprint density at radius 2 is 2.05 bits per heavy atom. The molecule has 0 aliphatic carbocycles. The van der Waals surface area contributed by atoms with Crippen LogP contribution in [-0.2, 0) is 4.79 Å². The molecule has 0 aromatic heterocycles. The Balaban J connectivity index is 0.00000361. The number of carbonyl (C=O) groups excluding carboxylic acids is 1. The highest BCUT2D eigenvalue weighted by Crippen LogP contribution is 2.29. The van der Waals surface area contributed by atoms with E-state index >= 15 is 0 Å². The van der Waals surface area contributed by atoms with Gasteiger partial charge in [-0.3, -0.25) is 4.79 Å². The van der Waals surface area contributed by atoms with Gasteiger partial charge in [0.15, 0.2) is 0 Å². The van der Waals surface area contributed by atoms with Gasteiger partial charge in [0.05, 0.1) is 23.9 Å². The van der Waals surface area contributed by atoms with Crippen LogP contribution in [0.2, 0.25) is 10.0 Å². The summed E-state index contributed by atoms with van der Waals surface area (Å²) in [6.07, 6.45) is 0. The van der Waals surface area contributed by atoms with Crippen molar-refractivity contribution in [2.24, 2.45) is 5.73 Å². The molecule has 1 aromatic rings. The van der Waals surface area contributed by atoms with Crippen LogP contribution >= 0.6 is 47.4 Å². The largest absolute Gasteiger partial charge is 0.349 e. The lowest BCUT2D eigenvalue weighted by Gasteiger charge is -2.14. The average molecular weight is 366 g/mol. The van der Waals surface area contributed by atoms with Crippen LogP contribution in [0.4, 0.5) is 8.78 Å². The first kappa shape index (κ1) is 19.7. The Hall–Kier alpha value is -0.270. The quantitative estimate of drug-likeness (QED) is 0.761. The molecule has 0 fully saturated rings. The van der Waals surface area contributed by atoms with Gasteiger partial charge in [-0.15, -0.1) is 24.2 Å². The fourth-order valence-electron chi connectivity index (χ4n) is 1.08. The molecule has 3 N–H and O–H groups in total. The SMILES string of the molecule is Cl.NCC(F)(F)CNC(=O)CSc1cc(Cl)ccc1Cl. The molecule has 0 saturated heterocycles. The number of carbonyl (C=O) groups is 1. The van der Waals surface area contributed by atoms with Crippen molar-refractivity contribution in [2.45, 2.75) is 10.8 Å². The van der Waals surface area contributed by atoms with E-state index in [1.807, 2.05) is 0 Å². The fourth-order valence-corrected chi connectivity index (χ4v) is 2.41. The molecule has 0 aliphatic rings. The fraction of sp³-hybridized carbons (Fsp3) is 0.364. The van der Waals surface area contributed by atoms with Gasteiger partial charge < -0.3 is 11.1 Å². The molecule has 0 saturated carbocycles. The molecule has 20 heavy (non-hydrogen) atoms. The second-order valence-corrected chi connectivity index (χ2v) is 5.56. The van der Waals surface area contributed by atoms with E-state index in [9.17, 15) is 13.6 Å². The molecule has 0 spiro atoms. The molecule has 0 atom stereocenters. The molecule has 0 radical (unpaired) electrons. The standard InChI is InChI=1S/C11H12Cl2F2N2OS.ClH/c12-7-1-2-8(13)9(3-7)19-4-10(18)17-6-11(14,15)5-16;/h1-3H,4-6,16H2,(H,17,18);1H. The van der Waals surface area contributed by atoms with E-state index in [0.29, 0.717) is 14.9 Å². The number of hydrogen-bond acceptors (Lipinski definition) is 3. The molecule has 1 aromatic carbocycles. The predicted molar refractivity (Wildman–Crippen MR) is 81.4 cm³/mol. The van der Waals surface area contributed by atoms with E-state index < -0.39 is 24.9 Å². The summed E-state index contributed by atoms with van der Waals surface area (Å²) < 4.78 is 25.6. The third-order valence-corrected chi connectivity index (χ3v) is 3.83. The van der Waals surface area contributed by atoms with E-state index in [1.54, 1.807) is 18.2 Å². The lowest BCUT2D eigenvalue weighted by molar-refractivity contribution is -0.120. The first-order valence-electron chi connectivity index (χ1n) is 5.26. The van der Waals surface area contributed by atoms with E-state index in [1.165, 1.54) is 0 Å². The maximum Gasteiger partial charge on any atom is 0.277 e. The lowest BCUT2D eigenvalue weighted by atomic mass is 10.3. The van der Waals surface area contributed by atoms with E-state index in [0.717, 1.165) is 11.8 Å². The van der Waals surface area contributed by atoms with Gasteiger partial charge in [0.25, 0.3) is 5.92 Å². The molecular formula is C11H13Cl3F2N2OS. The van der Waals surface area contributed by atoms with Crippen molar-refractivity contribution >= 4 is 53.3 Å². The molecule has 0 heterocycles. The van der Waals surface area contributed by atoms with Gasteiger partial charge in [0.1, 0.15) is 0 Å². The van der Waals surface area contributed by atoms with Gasteiger partial charge in [-0.1, -0.05) is 23.2 Å². The third-order valence-electron chi connectivity index (χ3n) is 2.09. The second-order valence-electron chi connectivity index (χ2n) is 3.70. The Labute approximate surface area is 136 Å². The van der Waals surface area contributed by atoms with Crippen molar-refractivity contribution in [3.8, 4) is 0 Å². The second kappa shape index (κ2) is 8.89. The van der Waals surface area contributed by atoms with Crippen molar-refractivity contribution in [1.82, 2.24) is 5.32 Å². The third kappa shape index (κ3) is 6.95. The Bertz CT molecular complexity index is 463. The molecule has 114 valence electrons. The van der Waals surface area contributed by atoms with Crippen molar-refractivity contribution in [2.75, 3.05) is 18.8 Å². The number of hydrogen-bond donors (Lipinski definition) is 2. The Kier molecular flexibility index (Phi) is 8.77. The van der Waals surface area contributed by atoms with Gasteiger partial charge in [0, 0.05) is 9.92 Å². The molecule has 1 amide bonds. The van der Waals surface area contributed by atoms with Crippen LogP contribution in [0.15, 0.2) is 23.1 Å². The smallest absolute Gasteiger partial charge is 0.277 e. The van der Waals surface area contributed by atoms with Crippen LogP contribution in [0.5, 0.6) is 0 Å². The number of alkyl halides is 2. The van der Waals surface area contributed by atoms with Gasteiger partial charge in [-0.05, 0) is 18.2 Å². The molecule has 3 nitrogen and oxygen atoms in total. The number of thioether (sulfide) groups is 1. The first-order chi connectivity index (χ1) is 8.84. The minimum atomic E-state index is -3.09. The molecule has 9 heteroatoms. The zero-order valence-corrected chi connectivity index (χ0v) is 13.3. The predicted octanol–water partition coefficient (Wildman–Crippen LogP) is 3.22. The summed E-state index contributed by atoms with van der Waals surface area (Å²) in [5.41, 5.74) is 4.86. The summed E-state index contributed by atoms with van der Waals surface area (Å²) in [5, 5.41) is 3.05. The van der Waals surface area contributed by atoms with Gasteiger partial charge in [-0.2, -0.15) is 0 Å². The minimum Gasteiger partial charge on any atom is -0.349 e. The van der Waals surface area contributed by atoms with E-state index in [-0.39, 0.29) is 18.2 Å². The number of rotatable bonds is 6. The summed E-state index contributed by atoms with van der Waals surface area (Å²) in [4.78, 5) is 12.0. The number of benzene rings is 1. The van der Waals surface area contributed by atoms with E-state index in [2.05, 4.69) is 5.32 Å². The van der Waals surface area contributed by atoms with Crippen molar-refractivity contribution in [3.05, 3.63) is 28.2 Å². The van der Waals surface area contributed by atoms with Gasteiger partial charge >= 0.3 is 0 Å². The summed E-state index contributed by atoms with van der Waals surface area (Å²) >= 11 is 12.8. The van der Waals surface area contributed by atoms with Crippen LogP contribution in [0, 0.1) is 0 Å². The minimum absolute atomic E-state index is 0. The number of amides is 1. The van der Waals surface area contributed by atoms with Crippen LogP contribution < -0.4 is 11.1 Å². The van der Waals surface area contributed by atoms with Crippen LogP contribution in [-0.4, -0.2) is 30.7 Å². The topological polar surface area (TPSA) is 55.1 Å². The van der Waals surface area contributed by atoms with Crippen molar-refractivity contribution in [3.63, 3.8) is 0 Å². The van der Waals surface area contributed by atoms with Gasteiger partial charge in [-0.25, -0.2) is 8.78 Å². The van der Waals surface area contributed by atoms with Crippen molar-refractivity contribution in [1.29, 1.82) is 0 Å². The van der Waals surface area contributed by atoms with Crippen LogP contribution in [0.3, 0.4) is 0 Å². The average Bonchev–Trinajstić information content (AvgIpc) is 2.37. The first-order valence-corrected chi connectivity index (χ1v) is 7.00. The van der Waals surface area contributed by atoms with Crippen LogP contribution in [0.25, 0.3) is 0 Å². The monoisotopic (exact) mass is 364 g/mol. The Morgan fingerprint density at radius 3 is 2.65 bits per heavy atom. The highest BCUT2D eigenvalue weighted by molar-refractivity contribution is 8.00. The van der Waals surface area contributed by atoms with Crippen LogP contribution in [0.1, 0.15) is 0 Å². The lowest BCUT2D eigenvalue weighted by Crippen LogP contribution is -2.42. The summed E-state index contributed by atoms with van der Waals surface area (Å²) in [6, 6.07) is 4.83. The number of nitrogens with one attached hydrogen (secondary N) is 1. The summed E-state index contributed by atoms with van der Waals surface area (Å²) in [6.45, 7) is -1.58. The highest BCUT2D eigenvalue weighted by Gasteiger charge is 2.27. The molecule has 1 rings (SSSR count). The van der Waals surface area contributed by atoms with Gasteiger partial charge in [0.2, 0.25) is 5.91 Å². The normalized spacial score (nSPS) is 10.8. The molecule has 0 bridgehead atoms. The summed E-state index contributed by atoms with van der Waals surface area (Å²) in [5.74, 6) is -3.64. The number of nitrogens with two attached hydrogens (primary N) is 1. The molecule has 0 unspecified atom stereocenters. The number of halogens is 5. The molecule has 0 aliphatic heterocycles. The van der Waals surface area contributed by atoms with E-state index in [4.69, 9.17) is 28.9 Å². The maximum absolute atomic E-state index is 12.8.